The molecule has 0 spiro atoms. The minimum absolute atomic E-state index is 0. The predicted octanol–water partition coefficient (Wildman–Crippen LogP) is 2.43. The number of carbonyl (C=O) groups is 4. The minimum Gasteiger partial charge on any atom is -0.867 e. The van der Waals surface area contributed by atoms with Crippen LogP contribution in [0.5, 0.6) is 17.2 Å². The molecule has 4 atom stereocenters. The number of hydrogen-bond donors (Lipinski definition) is 2. The van der Waals surface area contributed by atoms with Crippen LogP contribution in [0, 0.1) is 68.5 Å². The topological polar surface area (TPSA) is 283 Å². The van der Waals surface area contributed by atoms with E-state index in [4.69, 9.17) is 13.3 Å². The molecular weight excluding hydrogens is 952 g/mol. The number of ketones is 2. The van der Waals surface area contributed by atoms with Crippen LogP contribution in [0.1, 0.15) is 127 Å². The van der Waals surface area contributed by atoms with Gasteiger partial charge in [-0.25, -0.2) is 0 Å². The van der Waals surface area contributed by atoms with Crippen molar-refractivity contribution >= 4 is 23.4 Å². The first-order valence-corrected chi connectivity index (χ1v) is 20.4. The van der Waals surface area contributed by atoms with E-state index in [0.29, 0.717) is 51.5 Å². The molecule has 19 heteroatoms. The Morgan fingerprint density at radius 1 is 0.645 bits per heavy atom. The van der Waals surface area contributed by atoms with Gasteiger partial charge >= 0.3 is 39.9 Å². The molecule has 2 unspecified atom stereocenters. The molecule has 18 nitrogen and oxygen atoms in total. The molecule has 0 aromatic carbocycles. The molecule has 4 aliphatic rings. The molecular formula is C43H46GdN5O13. The Hall–Kier alpha value is -5.01. The Morgan fingerprint density at radius 3 is 1.60 bits per heavy atom. The molecule has 4 fully saturated rings. The largest absolute Gasteiger partial charge is 3.00 e. The van der Waals surface area contributed by atoms with Crippen LogP contribution < -0.4 is 42.2 Å². The van der Waals surface area contributed by atoms with Crippen LogP contribution in [0.4, 0.5) is 0 Å². The summed E-state index contributed by atoms with van der Waals surface area (Å²) in [5, 5.41) is 51.8. The summed E-state index contributed by atoms with van der Waals surface area (Å²) in [6, 6.07) is 2.79. The number of rotatable bonds is 19. The number of Topliss-reactive ketones (excluding diaryl/α,β-unsaturated/α-hetero) is 2. The first-order valence-electron chi connectivity index (χ1n) is 20.4. The average molecular weight is 998 g/mol. The van der Waals surface area contributed by atoms with Crippen LogP contribution >= 0.6 is 0 Å². The third-order valence-electron chi connectivity index (χ3n) is 12.7. The molecule has 4 aromatic rings. The van der Waals surface area contributed by atoms with Crippen molar-refractivity contribution in [1.82, 2.24) is 25.6 Å². The van der Waals surface area contributed by atoms with Gasteiger partial charge in [0.2, 0.25) is 5.91 Å². The molecule has 0 saturated heterocycles. The molecule has 2 amide bonds. The van der Waals surface area contributed by atoms with E-state index < -0.39 is 89.9 Å². The summed E-state index contributed by atoms with van der Waals surface area (Å²) < 4.78 is 17.3. The third kappa shape index (κ3) is 10.1. The van der Waals surface area contributed by atoms with Crippen molar-refractivity contribution in [2.45, 2.75) is 103 Å². The van der Waals surface area contributed by atoms with Crippen molar-refractivity contribution in [3.63, 3.8) is 0 Å². The van der Waals surface area contributed by atoms with Crippen molar-refractivity contribution in [3.8, 4) is 17.2 Å². The summed E-state index contributed by atoms with van der Waals surface area (Å²) in [5.41, 5.74) is -4.53. The van der Waals surface area contributed by atoms with E-state index in [0.717, 1.165) is 55.5 Å². The second-order valence-corrected chi connectivity index (χ2v) is 17.6. The molecule has 2 N–H and O–H groups in total. The zero-order valence-electron chi connectivity index (χ0n) is 34.1. The van der Waals surface area contributed by atoms with Crippen molar-refractivity contribution in [2.75, 3.05) is 13.1 Å². The fraction of sp³-hybridized carbons (Fsp3) is 0.512. The van der Waals surface area contributed by atoms with E-state index in [1.165, 1.54) is 0 Å². The molecule has 4 saturated carbocycles. The Bertz CT molecular complexity index is 2300. The van der Waals surface area contributed by atoms with Gasteiger partial charge in [0.05, 0.1) is 24.5 Å². The summed E-state index contributed by atoms with van der Waals surface area (Å²) in [4.78, 5) is 90.2. The van der Waals surface area contributed by atoms with Gasteiger partial charge in [-0.3, -0.25) is 38.2 Å². The number of hydrogen-bond acceptors (Lipinski definition) is 15. The number of aryl methyl sites for hydroxylation is 2. The number of nitrogens with one attached hydrogen (secondary N) is 2. The van der Waals surface area contributed by atoms with Gasteiger partial charge in [0.25, 0.3) is 5.91 Å². The normalized spacial score (nSPS) is 23.4. The monoisotopic (exact) mass is 998 g/mol. The maximum absolute atomic E-state index is 13.5. The molecule has 329 valence electrons. The van der Waals surface area contributed by atoms with Gasteiger partial charge in [0.15, 0.2) is 45.1 Å². The summed E-state index contributed by atoms with van der Waals surface area (Å²) in [7, 11) is 0. The van der Waals surface area contributed by atoms with Crippen LogP contribution in [0.2, 0.25) is 0 Å². The second kappa shape index (κ2) is 18.8. The van der Waals surface area contributed by atoms with Gasteiger partial charge in [0.1, 0.15) is 0 Å². The molecule has 62 heavy (non-hydrogen) atoms. The molecule has 4 bridgehead atoms. The molecule has 8 rings (SSSR count). The van der Waals surface area contributed by atoms with Crippen LogP contribution in [-0.4, -0.2) is 51.5 Å². The molecule has 4 aromatic heterocycles. The standard InChI is InChI=1S/C43H49N5O13.Gd/c1-26-17-48(47-46-26)13-4-2-3-5-32(54)44-24-42-19-40(11-6-30(52)36-33(55)27(49)8-14-59-36)18-41(20-42,12-7-31(53)37-34(56)28(50)9-15-60-37)22-43(21-40,23-42)25-45-39(58)38-35(57)29(51)10-16-61-38;/h8-10,14-17,55-57H,2-7,11-13,18-25H2,1H3,(H,44,54)(H,45,58);/q;+3/p-3/t40-,41+,42?,43?;. The van der Waals surface area contributed by atoms with Crippen molar-refractivity contribution in [2.24, 2.45) is 21.7 Å². The fourth-order valence-corrected chi connectivity index (χ4v) is 11.1. The zero-order valence-corrected chi connectivity index (χ0v) is 36.3. The number of amides is 2. The van der Waals surface area contributed by atoms with E-state index in [2.05, 4.69) is 20.9 Å². The van der Waals surface area contributed by atoms with Gasteiger partial charge in [0, 0.05) is 63.3 Å². The van der Waals surface area contributed by atoms with Gasteiger partial charge in [-0.15, -0.1) is 5.10 Å². The summed E-state index contributed by atoms with van der Waals surface area (Å²) >= 11 is 0. The maximum atomic E-state index is 13.5. The smallest absolute Gasteiger partial charge is 0.867 e. The summed E-state index contributed by atoms with van der Waals surface area (Å²) in [5.74, 6) is -7.38. The quantitative estimate of drug-likeness (QED) is 0.101. The molecule has 0 aliphatic heterocycles. The Labute approximate surface area is 386 Å². The van der Waals surface area contributed by atoms with E-state index in [9.17, 15) is 48.9 Å². The van der Waals surface area contributed by atoms with Crippen molar-refractivity contribution in [3.05, 3.63) is 96.8 Å². The van der Waals surface area contributed by atoms with E-state index in [1.54, 1.807) is 4.68 Å². The van der Waals surface area contributed by atoms with E-state index in [1.807, 2.05) is 13.1 Å². The second-order valence-electron chi connectivity index (χ2n) is 17.6. The van der Waals surface area contributed by atoms with Crippen LogP contribution in [-0.2, 0) is 11.3 Å². The fourth-order valence-electron chi connectivity index (χ4n) is 11.1. The first kappa shape index (κ1) is 46.5. The third-order valence-corrected chi connectivity index (χ3v) is 12.7. The molecule has 1 radical (unpaired) electrons. The number of unbranched alkanes of at least 4 members (excludes halogenated alkanes) is 2. The molecule has 4 aliphatic carbocycles. The number of aromatic nitrogens is 3. The summed E-state index contributed by atoms with van der Waals surface area (Å²) in [6.45, 7) is 2.77. The van der Waals surface area contributed by atoms with Crippen molar-refractivity contribution in [1.29, 1.82) is 0 Å². The first-order chi connectivity index (χ1) is 29.0. The minimum atomic E-state index is -1.10. The Balaban J connectivity index is 0.00000641. The average Bonchev–Trinajstić information content (AvgIpc) is 3.64. The van der Waals surface area contributed by atoms with E-state index >= 15 is 0 Å². The Morgan fingerprint density at radius 2 is 1.10 bits per heavy atom. The van der Waals surface area contributed by atoms with Crippen molar-refractivity contribution < 1.29 is 87.7 Å². The maximum Gasteiger partial charge on any atom is 3.00 e. The van der Waals surface area contributed by atoms with Crippen LogP contribution in [0.3, 0.4) is 0 Å². The van der Waals surface area contributed by atoms with Gasteiger partial charge < -0.3 is 39.2 Å². The van der Waals surface area contributed by atoms with Crippen LogP contribution in [0.15, 0.2) is 70.8 Å². The SMILES string of the molecule is Cc1cn(CCCCCC(=O)NCC23CC4(CNC(=O)c5occc(=O)c5[O-])C[C@](CCC(=O)c5occc(=O)c5[O-])(C2)C[C@](CCC(=O)c2occc(=O)c2[O-])(C3)C4)nn1.[Gd+3]. The zero-order chi connectivity index (χ0) is 43.6. The number of nitrogens with zero attached hydrogens (tertiary/aromatic N) is 3. The summed E-state index contributed by atoms with van der Waals surface area (Å²) in [6.07, 6.45) is 10.4. The van der Waals surface area contributed by atoms with Crippen LogP contribution in [0.25, 0.3) is 0 Å². The number of carbonyl (C=O) groups excluding carboxylic acids is 4. The van der Waals surface area contributed by atoms with Gasteiger partial charge in [-0.1, -0.05) is 11.6 Å². The Kier molecular flexibility index (Phi) is 14.1. The molecule has 4 heterocycles. The van der Waals surface area contributed by atoms with Gasteiger partial charge in [-0.2, -0.15) is 0 Å². The van der Waals surface area contributed by atoms with E-state index in [-0.39, 0.29) is 91.0 Å². The van der Waals surface area contributed by atoms with Gasteiger partial charge in [-0.05, 0) is 110 Å². The predicted molar refractivity (Wildman–Crippen MR) is 206 cm³/mol.